The second-order valence-electron chi connectivity index (χ2n) is 9.64. The van der Waals surface area contributed by atoms with Crippen LogP contribution in [0.4, 0.5) is 0 Å². The molecule has 0 saturated heterocycles. The number of para-hydroxylation sites is 1. The van der Waals surface area contributed by atoms with Crippen LogP contribution in [0.3, 0.4) is 0 Å². The van der Waals surface area contributed by atoms with Gasteiger partial charge >= 0.3 is 0 Å². The third kappa shape index (κ3) is 2.92. The lowest BCUT2D eigenvalue weighted by Crippen LogP contribution is -1.90. The van der Waals surface area contributed by atoms with Crippen molar-refractivity contribution in [2.45, 2.75) is 0 Å². The Bertz CT molecular complexity index is 2100. The highest BCUT2D eigenvalue weighted by molar-refractivity contribution is 6.29. The zero-order chi connectivity index (χ0) is 24.3. The fourth-order valence-electron chi connectivity index (χ4n) is 6.13. The fraction of sp³-hybridized carbons (Fsp3) is 0. The Morgan fingerprint density at radius 1 is 0.270 bits per heavy atom. The van der Waals surface area contributed by atoms with Crippen LogP contribution in [0.2, 0.25) is 0 Å². The second kappa shape index (κ2) is 7.81. The van der Waals surface area contributed by atoms with Gasteiger partial charge in [-0.2, -0.15) is 0 Å². The summed E-state index contributed by atoms with van der Waals surface area (Å²) in [6.45, 7) is 0. The molecule has 0 spiro atoms. The summed E-state index contributed by atoms with van der Waals surface area (Å²) in [5.74, 6) is 0. The van der Waals surface area contributed by atoms with Crippen molar-refractivity contribution in [1.29, 1.82) is 0 Å². The average Bonchev–Trinajstić information content (AvgIpc) is 3.36. The van der Waals surface area contributed by atoms with E-state index in [0.29, 0.717) is 0 Å². The molecule has 0 amide bonds. The molecule has 0 aliphatic rings. The summed E-state index contributed by atoms with van der Waals surface area (Å²) in [7, 11) is 0. The Morgan fingerprint density at radius 2 is 0.676 bits per heavy atom. The lowest BCUT2D eigenvalue weighted by atomic mass is 9.86. The quantitative estimate of drug-likeness (QED) is 0.229. The van der Waals surface area contributed by atoms with E-state index in [4.69, 9.17) is 4.42 Å². The smallest absolute Gasteiger partial charge is 0.136 e. The van der Waals surface area contributed by atoms with E-state index in [9.17, 15) is 0 Å². The van der Waals surface area contributed by atoms with Gasteiger partial charge in [0.25, 0.3) is 0 Å². The normalized spacial score (nSPS) is 11.8. The van der Waals surface area contributed by atoms with Crippen molar-refractivity contribution in [3.8, 4) is 22.3 Å². The van der Waals surface area contributed by atoms with Gasteiger partial charge < -0.3 is 4.42 Å². The first kappa shape index (κ1) is 20.3. The molecule has 0 aliphatic heterocycles. The predicted octanol–water partition coefficient (Wildman–Crippen LogP) is 10.4. The Balaban J connectivity index is 1.52. The van der Waals surface area contributed by atoms with Gasteiger partial charge in [-0.25, -0.2) is 0 Å². The van der Waals surface area contributed by atoms with Crippen LogP contribution in [0.5, 0.6) is 0 Å². The number of hydrogen-bond donors (Lipinski definition) is 0. The first-order valence-electron chi connectivity index (χ1n) is 12.7. The molecule has 0 saturated carbocycles. The maximum Gasteiger partial charge on any atom is 0.136 e. The zero-order valence-electron chi connectivity index (χ0n) is 20.1. The highest BCUT2D eigenvalue weighted by atomic mass is 16.3. The van der Waals surface area contributed by atoms with Crippen LogP contribution < -0.4 is 0 Å². The van der Waals surface area contributed by atoms with Crippen LogP contribution in [0.25, 0.3) is 76.5 Å². The van der Waals surface area contributed by atoms with E-state index < -0.39 is 0 Å². The molecule has 37 heavy (non-hydrogen) atoms. The minimum Gasteiger partial charge on any atom is -0.456 e. The zero-order valence-corrected chi connectivity index (χ0v) is 20.1. The van der Waals surface area contributed by atoms with Gasteiger partial charge in [-0.15, -0.1) is 0 Å². The summed E-state index contributed by atoms with van der Waals surface area (Å²) in [4.78, 5) is 0. The molecule has 7 aromatic carbocycles. The molecular weight excluding hydrogens is 448 g/mol. The third-order valence-electron chi connectivity index (χ3n) is 7.68. The molecule has 1 aromatic heterocycles. The van der Waals surface area contributed by atoms with E-state index in [1.807, 2.05) is 12.1 Å². The molecule has 0 radical (unpaired) electrons. The lowest BCUT2D eigenvalue weighted by molar-refractivity contribution is 0.669. The molecule has 0 unspecified atom stereocenters. The van der Waals surface area contributed by atoms with E-state index in [1.54, 1.807) is 0 Å². The Morgan fingerprint density at radius 3 is 1.35 bits per heavy atom. The summed E-state index contributed by atoms with van der Waals surface area (Å²) >= 11 is 0. The van der Waals surface area contributed by atoms with Crippen molar-refractivity contribution in [1.82, 2.24) is 0 Å². The molecule has 1 heterocycles. The Kier molecular flexibility index (Phi) is 4.29. The lowest BCUT2D eigenvalue weighted by Gasteiger charge is -2.17. The van der Waals surface area contributed by atoms with E-state index in [1.165, 1.54) is 60.0 Å². The van der Waals surface area contributed by atoms with Crippen LogP contribution in [-0.4, -0.2) is 0 Å². The molecule has 8 aromatic rings. The minimum absolute atomic E-state index is 0.919. The van der Waals surface area contributed by atoms with Gasteiger partial charge in [0.1, 0.15) is 11.2 Å². The molecular formula is C36H22O. The van der Waals surface area contributed by atoms with E-state index in [0.717, 1.165) is 16.6 Å². The standard InChI is InChI=1S/C36H22O/c1-2-12-25-23(11-1)24-13-5-6-16-28(24)35-29(25)18-9-19-30(35)26-14-3-4-15-27(26)31-20-10-22-34-36(31)32-17-7-8-21-33(32)37-34/h1-22H. The van der Waals surface area contributed by atoms with Gasteiger partial charge in [-0.3, -0.25) is 0 Å². The van der Waals surface area contributed by atoms with Crippen molar-refractivity contribution in [2.75, 3.05) is 0 Å². The van der Waals surface area contributed by atoms with Crippen LogP contribution >= 0.6 is 0 Å². The second-order valence-corrected chi connectivity index (χ2v) is 9.64. The minimum atomic E-state index is 0.919. The van der Waals surface area contributed by atoms with Crippen molar-refractivity contribution in [3.63, 3.8) is 0 Å². The Hall–Kier alpha value is -4.88. The van der Waals surface area contributed by atoms with Crippen molar-refractivity contribution in [3.05, 3.63) is 133 Å². The number of benzene rings is 7. The van der Waals surface area contributed by atoms with Crippen LogP contribution in [0, 0.1) is 0 Å². The first-order chi connectivity index (χ1) is 18.4. The van der Waals surface area contributed by atoms with Crippen LogP contribution in [0.1, 0.15) is 0 Å². The predicted molar refractivity (Wildman–Crippen MR) is 157 cm³/mol. The summed E-state index contributed by atoms with van der Waals surface area (Å²) in [6, 6.07) is 47.8. The van der Waals surface area contributed by atoms with Gasteiger partial charge in [0.2, 0.25) is 0 Å². The number of fused-ring (bicyclic) bond motifs is 9. The SMILES string of the molecule is c1ccc(-c2cccc3c4ccccc4c4ccccc4c23)c(-c2cccc3oc4ccccc4c23)c1. The van der Waals surface area contributed by atoms with Gasteiger partial charge in [0.05, 0.1) is 0 Å². The fourth-order valence-corrected chi connectivity index (χ4v) is 6.13. The van der Waals surface area contributed by atoms with Gasteiger partial charge in [-0.1, -0.05) is 121 Å². The molecule has 0 aliphatic carbocycles. The molecule has 172 valence electrons. The average molecular weight is 471 g/mol. The number of rotatable bonds is 2. The topological polar surface area (TPSA) is 13.1 Å². The maximum absolute atomic E-state index is 6.24. The molecule has 8 rings (SSSR count). The highest BCUT2D eigenvalue weighted by Crippen LogP contribution is 2.44. The van der Waals surface area contributed by atoms with Gasteiger partial charge in [-0.05, 0) is 66.7 Å². The van der Waals surface area contributed by atoms with Crippen molar-refractivity contribution in [2.24, 2.45) is 0 Å². The summed E-state index contributed by atoms with van der Waals surface area (Å²) < 4.78 is 6.24. The van der Waals surface area contributed by atoms with Crippen LogP contribution in [0.15, 0.2) is 138 Å². The monoisotopic (exact) mass is 470 g/mol. The molecule has 0 N–H and O–H groups in total. The molecule has 0 bridgehead atoms. The molecule has 0 atom stereocenters. The van der Waals surface area contributed by atoms with Gasteiger partial charge in [0, 0.05) is 10.8 Å². The molecule has 1 heteroatoms. The van der Waals surface area contributed by atoms with E-state index in [2.05, 4.69) is 121 Å². The highest BCUT2D eigenvalue weighted by Gasteiger charge is 2.18. The summed E-state index contributed by atoms with van der Waals surface area (Å²) in [5.41, 5.74) is 6.73. The van der Waals surface area contributed by atoms with E-state index >= 15 is 0 Å². The van der Waals surface area contributed by atoms with Crippen LogP contribution in [-0.2, 0) is 0 Å². The van der Waals surface area contributed by atoms with Gasteiger partial charge in [0.15, 0.2) is 0 Å². The van der Waals surface area contributed by atoms with Crippen molar-refractivity contribution < 1.29 is 4.42 Å². The van der Waals surface area contributed by atoms with E-state index in [-0.39, 0.29) is 0 Å². The maximum atomic E-state index is 6.24. The first-order valence-corrected chi connectivity index (χ1v) is 12.7. The molecule has 1 nitrogen and oxygen atoms in total. The largest absolute Gasteiger partial charge is 0.456 e. The summed E-state index contributed by atoms with van der Waals surface area (Å²) in [5, 5.41) is 10.1. The third-order valence-corrected chi connectivity index (χ3v) is 7.68. The summed E-state index contributed by atoms with van der Waals surface area (Å²) in [6.07, 6.45) is 0. The Labute approximate surface area is 214 Å². The number of hydrogen-bond acceptors (Lipinski definition) is 1. The van der Waals surface area contributed by atoms with Crippen molar-refractivity contribution >= 4 is 54.3 Å². The number of furan rings is 1. The molecule has 0 fully saturated rings.